The lowest BCUT2D eigenvalue weighted by molar-refractivity contribution is 0.0854. The molecule has 6 N–H and O–H groups in total. The second-order valence-electron chi connectivity index (χ2n) is 3.60. The van der Waals surface area contributed by atoms with E-state index in [0.29, 0.717) is 6.42 Å². The van der Waals surface area contributed by atoms with Crippen LogP contribution >= 0.6 is 12.2 Å². The number of thiocarbonyl (C=S) groups is 1. The van der Waals surface area contributed by atoms with Gasteiger partial charge in [0.2, 0.25) is 5.11 Å². The number of hydrazone groups is 1. The molecule has 0 bridgehead atoms. The minimum absolute atomic E-state index is 0.249. The van der Waals surface area contributed by atoms with Crippen LogP contribution in [-0.4, -0.2) is 21.6 Å². The molecule has 7 heteroatoms. The second kappa shape index (κ2) is 5.86. The highest BCUT2D eigenvalue weighted by molar-refractivity contribution is 7.80. The topological polar surface area (TPSA) is 94.7 Å². The van der Waals surface area contributed by atoms with Crippen LogP contribution < -0.4 is 22.2 Å². The first-order valence-corrected chi connectivity index (χ1v) is 4.53. The van der Waals surface area contributed by atoms with Gasteiger partial charge < -0.3 is 5.21 Å². The van der Waals surface area contributed by atoms with Crippen molar-refractivity contribution >= 4 is 23.0 Å². The van der Waals surface area contributed by atoms with Gasteiger partial charge in [0.1, 0.15) is 0 Å². The Morgan fingerprint density at radius 3 is 2.57 bits per heavy atom. The van der Waals surface area contributed by atoms with Crippen molar-refractivity contribution in [3.05, 3.63) is 0 Å². The standard InChI is InChI=1S/C7H17N5OS/c1-5(4-7(2,3)12-13)10-11-6(14)9-8/h12-13H,4,8H2,1-3H3,(H2,9,11,14)/b10-5-. The molecule has 0 rings (SSSR count). The van der Waals surface area contributed by atoms with Gasteiger partial charge in [-0.05, 0) is 33.0 Å². The average molecular weight is 219 g/mol. The van der Waals surface area contributed by atoms with E-state index in [-0.39, 0.29) is 5.11 Å². The van der Waals surface area contributed by atoms with E-state index in [4.69, 9.17) is 23.3 Å². The molecule has 82 valence electrons. The molecule has 0 amide bonds. The summed E-state index contributed by atoms with van der Waals surface area (Å²) in [5, 5.41) is 13.0. The minimum Gasteiger partial charge on any atom is -0.316 e. The Morgan fingerprint density at radius 1 is 1.57 bits per heavy atom. The lowest BCUT2D eigenvalue weighted by Gasteiger charge is -2.21. The van der Waals surface area contributed by atoms with Gasteiger partial charge >= 0.3 is 0 Å². The highest BCUT2D eigenvalue weighted by atomic mass is 32.1. The largest absolute Gasteiger partial charge is 0.316 e. The quantitative estimate of drug-likeness (QED) is 0.195. The smallest absolute Gasteiger partial charge is 0.201 e. The molecule has 6 nitrogen and oxygen atoms in total. The SMILES string of the molecule is C/C(CC(C)(C)NO)=N/NC(=S)NN. The zero-order chi connectivity index (χ0) is 11.2. The number of nitrogens with one attached hydrogen (secondary N) is 3. The van der Waals surface area contributed by atoms with Gasteiger partial charge in [-0.2, -0.15) is 10.6 Å². The zero-order valence-electron chi connectivity index (χ0n) is 8.59. The molecule has 0 aliphatic heterocycles. The van der Waals surface area contributed by atoms with E-state index in [2.05, 4.69) is 21.4 Å². The van der Waals surface area contributed by atoms with Crippen LogP contribution in [0, 0.1) is 0 Å². The van der Waals surface area contributed by atoms with Crippen molar-refractivity contribution in [3.8, 4) is 0 Å². The minimum atomic E-state index is -0.410. The van der Waals surface area contributed by atoms with E-state index in [0.717, 1.165) is 5.71 Å². The second-order valence-corrected chi connectivity index (χ2v) is 4.01. The maximum absolute atomic E-state index is 8.78. The zero-order valence-corrected chi connectivity index (χ0v) is 9.40. The van der Waals surface area contributed by atoms with Crippen molar-refractivity contribution in [2.45, 2.75) is 32.7 Å². The van der Waals surface area contributed by atoms with Gasteiger partial charge in [0.05, 0.1) is 0 Å². The molecular formula is C7H17N5OS. The normalized spacial score (nSPS) is 12.5. The molecule has 0 aliphatic carbocycles. The number of rotatable bonds is 4. The number of nitrogens with two attached hydrogens (primary N) is 1. The predicted molar refractivity (Wildman–Crippen MR) is 59.8 cm³/mol. The van der Waals surface area contributed by atoms with Crippen LogP contribution in [0.25, 0.3) is 0 Å². The third-order valence-corrected chi connectivity index (χ3v) is 1.69. The lowest BCUT2D eigenvalue weighted by atomic mass is 9.99. The van der Waals surface area contributed by atoms with Gasteiger partial charge in [-0.1, -0.05) is 0 Å². The van der Waals surface area contributed by atoms with Crippen LogP contribution in [0.5, 0.6) is 0 Å². The van der Waals surface area contributed by atoms with Crippen LogP contribution in [0.4, 0.5) is 0 Å². The molecule has 0 atom stereocenters. The number of hydrogen-bond acceptors (Lipinski definition) is 5. The monoisotopic (exact) mass is 219 g/mol. The molecule has 0 heterocycles. The van der Waals surface area contributed by atoms with Crippen LogP contribution in [0.1, 0.15) is 27.2 Å². The Kier molecular flexibility index (Phi) is 5.55. The Labute approximate surface area is 88.9 Å². The highest BCUT2D eigenvalue weighted by Gasteiger charge is 2.17. The molecule has 0 aromatic carbocycles. The Balaban J connectivity index is 4.07. The fraction of sp³-hybridized carbons (Fsp3) is 0.714. The van der Waals surface area contributed by atoms with Crippen LogP contribution in [-0.2, 0) is 0 Å². The lowest BCUT2D eigenvalue weighted by Crippen LogP contribution is -2.40. The molecule has 14 heavy (non-hydrogen) atoms. The number of hydrazine groups is 1. The van der Waals surface area contributed by atoms with Gasteiger partial charge in [-0.25, -0.2) is 5.84 Å². The molecule has 0 radical (unpaired) electrons. The van der Waals surface area contributed by atoms with E-state index >= 15 is 0 Å². The molecule has 0 fully saturated rings. The highest BCUT2D eigenvalue weighted by Crippen LogP contribution is 2.07. The fourth-order valence-corrected chi connectivity index (χ4v) is 0.943. The van der Waals surface area contributed by atoms with Crippen LogP contribution in [0.15, 0.2) is 5.10 Å². The maximum Gasteiger partial charge on any atom is 0.201 e. The fourth-order valence-electron chi connectivity index (χ4n) is 0.897. The van der Waals surface area contributed by atoms with Gasteiger partial charge in [0.15, 0.2) is 0 Å². The van der Waals surface area contributed by atoms with E-state index in [1.807, 2.05) is 20.8 Å². The maximum atomic E-state index is 8.78. The van der Waals surface area contributed by atoms with E-state index in [1.165, 1.54) is 0 Å². The summed E-state index contributed by atoms with van der Waals surface area (Å²) in [6, 6.07) is 0. The Hall–Kier alpha value is -0.760. The molecule has 0 saturated heterocycles. The first-order valence-electron chi connectivity index (χ1n) is 4.12. The van der Waals surface area contributed by atoms with Crippen molar-refractivity contribution in [3.63, 3.8) is 0 Å². The molecule has 0 aliphatic rings. The summed E-state index contributed by atoms with van der Waals surface area (Å²) in [5.74, 6) is 5.04. The summed E-state index contributed by atoms with van der Waals surface area (Å²) in [4.78, 5) is 0. The molecule has 0 saturated carbocycles. The average Bonchev–Trinajstić information content (AvgIpc) is 2.13. The predicted octanol–water partition coefficient (Wildman–Crippen LogP) is -0.152. The molecule has 0 aromatic rings. The van der Waals surface area contributed by atoms with Crippen LogP contribution in [0.3, 0.4) is 0 Å². The Bertz CT molecular complexity index is 228. The number of hydrogen-bond donors (Lipinski definition) is 5. The molecule has 0 spiro atoms. The molecular weight excluding hydrogens is 202 g/mol. The van der Waals surface area contributed by atoms with E-state index in [1.54, 1.807) is 0 Å². The van der Waals surface area contributed by atoms with Gasteiger partial charge in [-0.3, -0.25) is 10.9 Å². The van der Waals surface area contributed by atoms with Gasteiger partial charge in [0.25, 0.3) is 0 Å². The van der Waals surface area contributed by atoms with Gasteiger partial charge in [0, 0.05) is 17.7 Å². The summed E-state index contributed by atoms with van der Waals surface area (Å²) in [6.07, 6.45) is 0.587. The first-order chi connectivity index (χ1) is 6.41. The van der Waals surface area contributed by atoms with E-state index in [9.17, 15) is 0 Å². The summed E-state index contributed by atoms with van der Waals surface area (Å²) in [5.41, 5.74) is 7.38. The first kappa shape index (κ1) is 13.2. The summed E-state index contributed by atoms with van der Waals surface area (Å²) in [7, 11) is 0. The van der Waals surface area contributed by atoms with Crippen molar-refractivity contribution in [2.24, 2.45) is 10.9 Å². The summed E-state index contributed by atoms with van der Waals surface area (Å²) < 4.78 is 0. The molecule has 0 unspecified atom stereocenters. The third-order valence-electron chi connectivity index (χ3n) is 1.48. The van der Waals surface area contributed by atoms with Crippen molar-refractivity contribution < 1.29 is 5.21 Å². The van der Waals surface area contributed by atoms with Crippen LogP contribution in [0.2, 0.25) is 0 Å². The van der Waals surface area contributed by atoms with Crippen molar-refractivity contribution in [2.75, 3.05) is 0 Å². The van der Waals surface area contributed by atoms with E-state index < -0.39 is 5.54 Å². The van der Waals surface area contributed by atoms with Crippen molar-refractivity contribution in [1.29, 1.82) is 0 Å². The number of hydroxylamine groups is 1. The number of nitrogens with zero attached hydrogens (tertiary/aromatic N) is 1. The third kappa shape index (κ3) is 5.81. The Morgan fingerprint density at radius 2 is 2.14 bits per heavy atom. The summed E-state index contributed by atoms with van der Waals surface area (Å²) in [6.45, 7) is 5.53. The van der Waals surface area contributed by atoms with Gasteiger partial charge in [-0.15, -0.1) is 0 Å². The summed E-state index contributed by atoms with van der Waals surface area (Å²) >= 11 is 4.72. The molecule has 0 aromatic heterocycles. The van der Waals surface area contributed by atoms with Crippen molar-refractivity contribution in [1.82, 2.24) is 16.3 Å².